The van der Waals surface area contributed by atoms with E-state index in [0.717, 1.165) is 38.2 Å². The van der Waals surface area contributed by atoms with Crippen molar-refractivity contribution in [3.63, 3.8) is 0 Å². The zero-order chi connectivity index (χ0) is 14.6. The van der Waals surface area contributed by atoms with Gasteiger partial charge >= 0.3 is 0 Å². The lowest BCUT2D eigenvalue weighted by Gasteiger charge is -2.17. The molecule has 3 aromatic rings. The summed E-state index contributed by atoms with van der Waals surface area (Å²) in [7, 11) is 0. The first-order valence-corrected chi connectivity index (χ1v) is 6.77. The number of phenolic OH excluding ortho intramolecular Hbond substituents is 2. The van der Waals surface area contributed by atoms with Gasteiger partial charge in [-0.05, 0) is 83.6 Å². The van der Waals surface area contributed by atoms with Crippen molar-refractivity contribution in [2.75, 3.05) is 0 Å². The molecule has 0 amide bonds. The van der Waals surface area contributed by atoms with Gasteiger partial charge in [0, 0.05) is 0 Å². The van der Waals surface area contributed by atoms with Crippen molar-refractivity contribution in [2.24, 2.45) is 0 Å². The molecular weight excluding hydrogens is 248 g/mol. The smallest absolute Gasteiger partial charge is 0.119 e. The Labute approximate surface area is 118 Å². The number of benzene rings is 3. The highest BCUT2D eigenvalue weighted by molar-refractivity contribution is 6.08. The Morgan fingerprint density at radius 3 is 1.35 bits per heavy atom. The molecular formula is C18H18O2. The minimum atomic E-state index is 0.317. The van der Waals surface area contributed by atoms with Crippen LogP contribution < -0.4 is 0 Å². The Kier molecular flexibility index (Phi) is 2.65. The first-order chi connectivity index (χ1) is 9.43. The van der Waals surface area contributed by atoms with Gasteiger partial charge in [0.1, 0.15) is 11.5 Å². The van der Waals surface area contributed by atoms with E-state index < -0.39 is 0 Å². The highest BCUT2D eigenvalue weighted by Gasteiger charge is 2.15. The van der Waals surface area contributed by atoms with Crippen LogP contribution in [-0.2, 0) is 0 Å². The van der Waals surface area contributed by atoms with Crippen LogP contribution in [0, 0.1) is 27.7 Å². The summed E-state index contributed by atoms with van der Waals surface area (Å²) in [5, 5.41) is 24.5. The molecule has 2 N–H and O–H groups in total. The predicted octanol–water partition coefficient (Wildman–Crippen LogP) is 4.64. The fourth-order valence-electron chi connectivity index (χ4n) is 3.26. The Morgan fingerprint density at radius 2 is 0.950 bits per heavy atom. The molecule has 0 aromatic heterocycles. The lowest BCUT2D eigenvalue weighted by Crippen LogP contribution is -1.93. The maximum atomic E-state index is 9.98. The van der Waals surface area contributed by atoms with Gasteiger partial charge in [-0.3, -0.25) is 0 Å². The van der Waals surface area contributed by atoms with Crippen LogP contribution in [0.15, 0.2) is 24.3 Å². The lowest BCUT2D eigenvalue weighted by molar-refractivity contribution is 0.472. The molecule has 0 saturated heterocycles. The Morgan fingerprint density at radius 1 is 0.550 bits per heavy atom. The number of phenols is 2. The van der Waals surface area contributed by atoms with Gasteiger partial charge in [-0.25, -0.2) is 0 Å². The number of aromatic hydroxyl groups is 2. The summed E-state index contributed by atoms with van der Waals surface area (Å²) in [5.41, 5.74) is 4.09. The number of aryl methyl sites for hydroxylation is 4. The molecule has 0 bridgehead atoms. The van der Waals surface area contributed by atoms with E-state index in [1.54, 1.807) is 12.1 Å². The topological polar surface area (TPSA) is 40.5 Å². The van der Waals surface area contributed by atoms with Crippen molar-refractivity contribution >= 4 is 21.5 Å². The third-order valence-corrected chi connectivity index (χ3v) is 4.43. The molecule has 0 radical (unpaired) electrons. The van der Waals surface area contributed by atoms with Crippen molar-refractivity contribution in [2.45, 2.75) is 27.7 Å². The fourth-order valence-corrected chi connectivity index (χ4v) is 3.26. The van der Waals surface area contributed by atoms with Crippen LogP contribution in [0.25, 0.3) is 21.5 Å². The molecule has 2 nitrogen and oxygen atoms in total. The van der Waals surface area contributed by atoms with Gasteiger partial charge in [-0.15, -0.1) is 0 Å². The summed E-state index contributed by atoms with van der Waals surface area (Å²) in [6.45, 7) is 8.03. The van der Waals surface area contributed by atoms with Gasteiger partial charge in [0.25, 0.3) is 0 Å². The third-order valence-electron chi connectivity index (χ3n) is 4.43. The third kappa shape index (κ3) is 1.51. The van der Waals surface area contributed by atoms with E-state index in [4.69, 9.17) is 0 Å². The van der Waals surface area contributed by atoms with E-state index in [1.807, 2.05) is 26.0 Å². The van der Waals surface area contributed by atoms with Gasteiger partial charge in [0.05, 0.1) is 0 Å². The highest BCUT2D eigenvalue weighted by atomic mass is 16.3. The van der Waals surface area contributed by atoms with Crippen LogP contribution in [0.3, 0.4) is 0 Å². The summed E-state index contributed by atoms with van der Waals surface area (Å²) < 4.78 is 0. The summed E-state index contributed by atoms with van der Waals surface area (Å²) in [4.78, 5) is 0. The van der Waals surface area contributed by atoms with Crippen LogP contribution in [-0.4, -0.2) is 10.2 Å². The van der Waals surface area contributed by atoms with Gasteiger partial charge in [-0.2, -0.15) is 0 Å². The normalized spacial score (nSPS) is 11.4. The summed E-state index contributed by atoms with van der Waals surface area (Å²) in [6.07, 6.45) is 0. The molecule has 3 aromatic carbocycles. The van der Waals surface area contributed by atoms with Gasteiger partial charge in [-0.1, -0.05) is 12.1 Å². The number of hydrogen-bond donors (Lipinski definition) is 2. The second-order valence-corrected chi connectivity index (χ2v) is 5.51. The maximum absolute atomic E-state index is 9.98. The number of rotatable bonds is 0. The van der Waals surface area contributed by atoms with Gasteiger partial charge < -0.3 is 10.2 Å². The lowest BCUT2D eigenvalue weighted by atomic mass is 9.88. The number of hydrogen-bond acceptors (Lipinski definition) is 2. The first-order valence-electron chi connectivity index (χ1n) is 6.77. The van der Waals surface area contributed by atoms with E-state index in [1.165, 1.54) is 5.56 Å². The molecule has 0 aliphatic rings. The monoisotopic (exact) mass is 266 g/mol. The van der Waals surface area contributed by atoms with E-state index in [9.17, 15) is 10.2 Å². The minimum Gasteiger partial charge on any atom is -0.508 e. The molecule has 0 fully saturated rings. The molecule has 102 valence electrons. The van der Waals surface area contributed by atoms with Crippen LogP contribution in [0.1, 0.15) is 22.3 Å². The van der Waals surface area contributed by atoms with E-state index in [2.05, 4.69) is 13.8 Å². The maximum Gasteiger partial charge on any atom is 0.119 e. The fraction of sp³-hybridized carbons (Fsp3) is 0.222. The zero-order valence-electron chi connectivity index (χ0n) is 12.2. The average molecular weight is 266 g/mol. The molecule has 2 heteroatoms. The van der Waals surface area contributed by atoms with E-state index >= 15 is 0 Å². The van der Waals surface area contributed by atoms with Crippen LogP contribution >= 0.6 is 0 Å². The predicted molar refractivity (Wildman–Crippen MR) is 83.7 cm³/mol. The first kappa shape index (κ1) is 12.8. The summed E-state index contributed by atoms with van der Waals surface area (Å²) in [6, 6.07) is 7.45. The van der Waals surface area contributed by atoms with Crippen molar-refractivity contribution in [1.29, 1.82) is 0 Å². The zero-order valence-corrected chi connectivity index (χ0v) is 12.2. The molecule has 0 spiro atoms. The van der Waals surface area contributed by atoms with Gasteiger partial charge in [0.15, 0.2) is 0 Å². The van der Waals surface area contributed by atoms with E-state index in [0.29, 0.717) is 11.5 Å². The van der Waals surface area contributed by atoms with Crippen molar-refractivity contribution in [1.82, 2.24) is 0 Å². The van der Waals surface area contributed by atoms with Crippen LogP contribution in [0.2, 0.25) is 0 Å². The van der Waals surface area contributed by atoms with Crippen LogP contribution in [0.4, 0.5) is 0 Å². The van der Waals surface area contributed by atoms with Crippen molar-refractivity contribution in [3.8, 4) is 11.5 Å². The molecule has 0 heterocycles. The van der Waals surface area contributed by atoms with E-state index in [-0.39, 0.29) is 0 Å². The highest BCUT2D eigenvalue weighted by Crippen LogP contribution is 2.39. The number of fused-ring (bicyclic) bond motifs is 2. The summed E-state index contributed by atoms with van der Waals surface area (Å²) >= 11 is 0. The quantitative estimate of drug-likeness (QED) is 0.582. The van der Waals surface area contributed by atoms with Crippen LogP contribution in [0.5, 0.6) is 11.5 Å². The van der Waals surface area contributed by atoms with Crippen molar-refractivity contribution in [3.05, 3.63) is 46.5 Å². The average Bonchev–Trinajstić information content (AvgIpc) is 2.42. The molecule has 3 rings (SSSR count). The molecule has 0 unspecified atom stereocenters. The SMILES string of the molecule is Cc1c2ccc(O)c(C)c2c(C)c2c(C)c(O)ccc12. The molecule has 0 aliphatic heterocycles. The standard InChI is InChI=1S/C18H18O2/c1-9-13-5-7-15(19)10(2)17(13)12(4)18-11(3)16(20)8-6-14(9)18/h5-8,19-20H,1-4H3. The van der Waals surface area contributed by atoms with Crippen molar-refractivity contribution < 1.29 is 10.2 Å². The summed E-state index contributed by atoms with van der Waals surface area (Å²) in [5.74, 6) is 0.634. The molecule has 0 saturated carbocycles. The molecule has 20 heavy (non-hydrogen) atoms. The molecule has 0 aliphatic carbocycles. The Bertz CT molecular complexity index is 792. The Hall–Kier alpha value is -2.22. The second-order valence-electron chi connectivity index (χ2n) is 5.51. The Balaban J connectivity index is 2.70. The van der Waals surface area contributed by atoms with Gasteiger partial charge in [0.2, 0.25) is 0 Å². The minimum absolute atomic E-state index is 0.317. The largest absolute Gasteiger partial charge is 0.508 e. The molecule has 0 atom stereocenters. The second kappa shape index (κ2) is 4.14.